The number of para-hydroxylation sites is 1. The number of rotatable bonds is 3. The van der Waals surface area contributed by atoms with Crippen LogP contribution in [0.25, 0.3) is 0 Å². The van der Waals surface area contributed by atoms with Crippen molar-refractivity contribution >= 4 is 17.6 Å². The lowest BCUT2D eigenvalue weighted by Gasteiger charge is -2.22. The number of nitrogens with zero attached hydrogens (tertiary/aromatic N) is 5. The number of guanidine groups is 1. The van der Waals surface area contributed by atoms with Crippen molar-refractivity contribution in [3.63, 3.8) is 0 Å². The van der Waals surface area contributed by atoms with Gasteiger partial charge in [0.15, 0.2) is 5.96 Å². The van der Waals surface area contributed by atoms with Crippen molar-refractivity contribution in [1.29, 1.82) is 0 Å². The smallest absolute Gasteiger partial charge is 0.204 e. The molecule has 1 aliphatic rings. The third kappa shape index (κ3) is 2.88. The first-order chi connectivity index (χ1) is 11.1. The first-order valence-electron chi connectivity index (χ1n) is 7.86. The predicted octanol–water partition coefficient (Wildman–Crippen LogP) is 1.62. The van der Waals surface area contributed by atoms with Crippen LogP contribution >= 0.6 is 0 Å². The van der Waals surface area contributed by atoms with E-state index in [9.17, 15) is 0 Å². The highest BCUT2D eigenvalue weighted by Crippen LogP contribution is 2.27. The second kappa shape index (κ2) is 6.32. The summed E-state index contributed by atoms with van der Waals surface area (Å²) < 4.78 is 2.10. The van der Waals surface area contributed by atoms with Crippen molar-refractivity contribution in [3.8, 4) is 0 Å². The Hall–Kier alpha value is -2.50. The van der Waals surface area contributed by atoms with Gasteiger partial charge < -0.3 is 19.7 Å². The Morgan fingerprint density at radius 3 is 2.83 bits per heavy atom. The molecule has 0 bridgehead atoms. The largest absolute Gasteiger partial charge is 0.350 e. The minimum Gasteiger partial charge on any atom is -0.350 e. The number of nitrogens with one attached hydrogen (secondary N) is 1. The van der Waals surface area contributed by atoms with Gasteiger partial charge >= 0.3 is 0 Å². The summed E-state index contributed by atoms with van der Waals surface area (Å²) in [6.45, 7) is 1.66. The summed E-state index contributed by atoms with van der Waals surface area (Å²) >= 11 is 0. The van der Waals surface area contributed by atoms with Gasteiger partial charge in [0.25, 0.3) is 0 Å². The number of fused-ring (bicyclic) bond motifs is 1. The molecule has 1 aliphatic heterocycles. The molecule has 0 aliphatic carbocycles. The summed E-state index contributed by atoms with van der Waals surface area (Å²) in [4.78, 5) is 13.2. The Morgan fingerprint density at radius 1 is 1.35 bits per heavy atom. The van der Waals surface area contributed by atoms with Crippen LogP contribution in [-0.2, 0) is 20.0 Å². The second-order valence-corrected chi connectivity index (χ2v) is 5.93. The maximum absolute atomic E-state index is 4.45. The number of aromatic nitrogens is 2. The molecule has 1 aromatic heterocycles. The molecule has 0 saturated heterocycles. The predicted molar refractivity (Wildman–Crippen MR) is 95.2 cm³/mol. The summed E-state index contributed by atoms with van der Waals surface area (Å²) in [5, 5.41) is 3.46. The summed E-state index contributed by atoms with van der Waals surface area (Å²) in [6.07, 6.45) is 2.97. The van der Waals surface area contributed by atoms with Crippen LogP contribution in [-0.4, -0.2) is 43.2 Å². The van der Waals surface area contributed by atoms with Crippen LogP contribution in [0.5, 0.6) is 0 Å². The van der Waals surface area contributed by atoms with Gasteiger partial charge in [-0.15, -0.1) is 0 Å². The Kier molecular flexibility index (Phi) is 4.23. The van der Waals surface area contributed by atoms with Gasteiger partial charge in [-0.25, -0.2) is 4.98 Å². The van der Waals surface area contributed by atoms with E-state index in [4.69, 9.17) is 0 Å². The van der Waals surface area contributed by atoms with Gasteiger partial charge in [0.2, 0.25) is 5.95 Å². The summed E-state index contributed by atoms with van der Waals surface area (Å²) in [5.41, 5.74) is 3.76. The molecule has 0 saturated carbocycles. The van der Waals surface area contributed by atoms with Crippen LogP contribution in [0.15, 0.2) is 35.5 Å². The summed E-state index contributed by atoms with van der Waals surface area (Å²) in [6, 6.07) is 8.52. The monoisotopic (exact) mass is 312 g/mol. The molecule has 0 spiro atoms. The molecular weight excluding hydrogens is 288 g/mol. The van der Waals surface area contributed by atoms with Crippen molar-refractivity contribution < 1.29 is 0 Å². The molecule has 0 fully saturated rings. The highest BCUT2D eigenvalue weighted by molar-refractivity contribution is 5.97. The quantitative estimate of drug-likeness (QED) is 0.691. The third-order valence-electron chi connectivity index (χ3n) is 4.24. The molecule has 6 heteroatoms. The Balaban J connectivity index is 1.72. The first-order valence-corrected chi connectivity index (χ1v) is 7.86. The van der Waals surface area contributed by atoms with Gasteiger partial charge in [-0.2, -0.15) is 0 Å². The zero-order valence-corrected chi connectivity index (χ0v) is 14.2. The Morgan fingerprint density at radius 2 is 2.13 bits per heavy atom. The van der Waals surface area contributed by atoms with E-state index in [0.29, 0.717) is 6.54 Å². The van der Waals surface area contributed by atoms with Crippen LogP contribution in [0.1, 0.15) is 11.3 Å². The highest BCUT2D eigenvalue weighted by Gasteiger charge is 2.22. The van der Waals surface area contributed by atoms with Gasteiger partial charge in [-0.1, -0.05) is 18.2 Å². The fourth-order valence-electron chi connectivity index (χ4n) is 3.04. The Labute approximate surface area is 137 Å². The maximum Gasteiger partial charge on any atom is 0.204 e. The summed E-state index contributed by atoms with van der Waals surface area (Å²) in [5.74, 6) is 1.85. The zero-order valence-electron chi connectivity index (χ0n) is 14.2. The minimum absolute atomic E-state index is 0.697. The minimum atomic E-state index is 0.697. The molecule has 0 unspecified atom stereocenters. The molecule has 1 aromatic carbocycles. The van der Waals surface area contributed by atoms with Gasteiger partial charge in [0.1, 0.15) is 0 Å². The van der Waals surface area contributed by atoms with E-state index < -0.39 is 0 Å². The second-order valence-electron chi connectivity index (χ2n) is 5.93. The van der Waals surface area contributed by atoms with Gasteiger partial charge in [-0.05, 0) is 18.1 Å². The number of anilines is 2. The molecule has 2 heterocycles. The fourth-order valence-corrected chi connectivity index (χ4v) is 3.04. The average Bonchev–Trinajstić information content (AvgIpc) is 3.13. The maximum atomic E-state index is 4.45. The van der Waals surface area contributed by atoms with Gasteiger partial charge in [0.05, 0.1) is 18.4 Å². The SMILES string of the molecule is CN=C(NCc1cnc(N(C)C)n1C)N1CCc2ccccc21. The third-order valence-corrected chi connectivity index (χ3v) is 4.24. The van der Waals surface area contributed by atoms with Crippen LogP contribution in [0, 0.1) is 0 Å². The first kappa shape index (κ1) is 15.4. The van der Waals surface area contributed by atoms with Crippen molar-refractivity contribution in [2.24, 2.45) is 12.0 Å². The van der Waals surface area contributed by atoms with Gasteiger partial charge in [-0.3, -0.25) is 4.99 Å². The summed E-state index contributed by atoms with van der Waals surface area (Å²) in [7, 11) is 7.87. The number of benzene rings is 1. The number of hydrogen-bond donors (Lipinski definition) is 1. The fraction of sp³-hybridized carbons (Fsp3) is 0.412. The number of aliphatic imine (C=N–C) groups is 1. The zero-order chi connectivity index (χ0) is 16.4. The van der Waals surface area contributed by atoms with Crippen molar-refractivity contribution in [2.75, 3.05) is 37.5 Å². The molecule has 3 rings (SSSR count). The lowest BCUT2D eigenvalue weighted by atomic mass is 10.2. The molecule has 0 radical (unpaired) electrons. The number of hydrogen-bond acceptors (Lipinski definition) is 3. The molecule has 2 aromatic rings. The van der Waals surface area contributed by atoms with Crippen LogP contribution in [0.3, 0.4) is 0 Å². The van der Waals surface area contributed by atoms with Crippen LogP contribution < -0.4 is 15.1 Å². The Bertz CT molecular complexity index is 716. The molecule has 23 heavy (non-hydrogen) atoms. The average molecular weight is 312 g/mol. The van der Waals surface area contributed by atoms with E-state index in [1.54, 1.807) is 0 Å². The molecule has 6 nitrogen and oxygen atoms in total. The molecular formula is C17H24N6. The van der Waals surface area contributed by atoms with E-state index in [1.165, 1.54) is 11.3 Å². The lowest BCUT2D eigenvalue weighted by Crippen LogP contribution is -2.40. The normalized spacial score (nSPS) is 14.1. The molecule has 1 N–H and O–H groups in total. The molecule has 0 atom stereocenters. The van der Waals surface area contributed by atoms with Crippen molar-refractivity contribution in [1.82, 2.24) is 14.9 Å². The van der Waals surface area contributed by atoms with Crippen molar-refractivity contribution in [3.05, 3.63) is 41.7 Å². The number of imidazole rings is 1. The highest BCUT2D eigenvalue weighted by atomic mass is 15.3. The topological polar surface area (TPSA) is 48.7 Å². The van der Waals surface area contributed by atoms with Gasteiger partial charge in [0, 0.05) is 40.4 Å². The molecule has 0 amide bonds. The van der Waals surface area contributed by atoms with E-state index in [2.05, 4.69) is 49.0 Å². The van der Waals surface area contributed by atoms with E-state index in [0.717, 1.165) is 30.6 Å². The molecule has 122 valence electrons. The van der Waals surface area contributed by atoms with Crippen LogP contribution in [0.4, 0.5) is 11.6 Å². The lowest BCUT2D eigenvalue weighted by molar-refractivity contribution is 0.759. The van der Waals surface area contributed by atoms with Crippen LogP contribution in [0.2, 0.25) is 0 Å². The van der Waals surface area contributed by atoms with E-state index in [-0.39, 0.29) is 0 Å². The van der Waals surface area contributed by atoms with E-state index >= 15 is 0 Å². The van der Waals surface area contributed by atoms with Crippen molar-refractivity contribution in [2.45, 2.75) is 13.0 Å². The standard InChI is InChI=1S/C17H24N6/c1-18-16(23-10-9-13-7-5-6-8-15(13)23)19-11-14-12-20-17(21(2)3)22(14)4/h5-8,12H,9-11H2,1-4H3,(H,18,19). The van der Waals surface area contributed by atoms with E-state index in [1.807, 2.05) is 39.3 Å².